The predicted octanol–water partition coefficient (Wildman–Crippen LogP) is 4.17. The Kier molecular flexibility index (Phi) is 7.59. The monoisotopic (exact) mass is 476 g/mol. The number of hydrogen-bond donors (Lipinski definition) is 2. The van der Waals surface area contributed by atoms with Crippen LogP contribution in [0.1, 0.15) is 44.9 Å². The molecule has 1 saturated heterocycles. The summed E-state index contributed by atoms with van der Waals surface area (Å²) in [6.45, 7) is 0.923. The predicted molar refractivity (Wildman–Crippen MR) is 117 cm³/mol. The third kappa shape index (κ3) is 5.86. The Morgan fingerprint density at radius 1 is 1.09 bits per heavy atom. The third-order valence-corrected chi connectivity index (χ3v) is 8.02. The molecule has 2 fully saturated rings. The quantitative estimate of drug-likeness (QED) is 0.668. The summed E-state index contributed by atoms with van der Waals surface area (Å²) in [6, 6.07) is 3.31. The van der Waals surface area contributed by atoms with Crippen molar-refractivity contribution in [3.05, 3.63) is 18.2 Å². The molecule has 2 atom stereocenters. The molecule has 1 aliphatic heterocycles. The maximum atomic E-state index is 13.1. The van der Waals surface area contributed by atoms with Crippen LogP contribution in [0.3, 0.4) is 0 Å². The Balaban J connectivity index is 1.75. The van der Waals surface area contributed by atoms with Crippen LogP contribution in [0.25, 0.3) is 0 Å². The lowest BCUT2D eigenvalue weighted by molar-refractivity contribution is -0.183. The maximum absolute atomic E-state index is 13.1. The first-order valence-electron chi connectivity index (χ1n) is 10.9. The summed E-state index contributed by atoms with van der Waals surface area (Å²) in [5, 5.41) is 5.28. The van der Waals surface area contributed by atoms with E-state index in [0.29, 0.717) is 31.6 Å². The number of nitrogens with one attached hydrogen (secondary N) is 2. The molecule has 0 aromatic heterocycles. The molecule has 0 bridgehead atoms. The fraction of sp³-hybridized carbons (Fsp3) is 0.667. The smallest absolute Gasteiger partial charge is 0.376 e. The van der Waals surface area contributed by atoms with Crippen molar-refractivity contribution in [2.24, 2.45) is 5.92 Å². The lowest BCUT2D eigenvalue weighted by Gasteiger charge is -2.31. The van der Waals surface area contributed by atoms with Crippen molar-refractivity contribution in [1.82, 2.24) is 9.62 Å². The Labute approximate surface area is 187 Å². The second-order valence-corrected chi connectivity index (χ2v) is 10.7. The molecule has 1 aliphatic carbocycles. The number of hydrogen-bond acceptors (Lipinski definition) is 4. The van der Waals surface area contributed by atoms with E-state index in [4.69, 9.17) is 0 Å². The molecule has 1 heterocycles. The van der Waals surface area contributed by atoms with Crippen LogP contribution in [-0.2, 0) is 10.0 Å². The Bertz CT molecular complexity index is 915. The van der Waals surface area contributed by atoms with Gasteiger partial charge in [0.05, 0.1) is 22.2 Å². The van der Waals surface area contributed by atoms with Gasteiger partial charge >= 0.3 is 12.2 Å². The van der Waals surface area contributed by atoms with E-state index in [1.807, 2.05) is 0 Å². The zero-order chi connectivity index (χ0) is 23.5. The van der Waals surface area contributed by atoms with Crippen LogP contribution in [0, 0.1) is 5.92 Å². The summed E-state index contributed by atoms with van der Waals surface area (Å²) in [6.07, 6.45) is -0.872. The second kappa shape index (κ2) is 9.86. The molecule has 3 rings (SSSR count). The van der Waals surface area contributed by atoms with Gasteiger partial charge in [0.2, 0.25) is 10.0 Å². The first-order valence-corrected chi connectivity index (χ1v) is 12.4. The van der Waals surface area contributed by atoms with E-state index in [1.54, 1.807) is 25.1 Å². The van der Waals surface area contributed by atoms with Gasteiger partial charge in [0.25, 0.3) is 0 Å². The highest BCUT2D eigenvalue weighted by molar-refractivity contribution is 7.89. The molecule has 2 aliphatic rings. The summed E-state index contributed by atoms with van der Waals surface area (Å²) in [4.78, 5) is 14.4. The topological polar surface area (TPSA) is 81.8 Å². The van der Waals surface area contributed by atoms with Crippen molar-refractivity contribution in [2.75, 3.05) is 37.4 Å². The van der Waals surface area contributed by atoms with Crippen LogP contribution >= 0.6 is 0 Å². The number of sulfonamides is 1. The van der Waals surface area contributed by atoms with E-state index in [-0.39, 0.29) is 23.4 Å². The fourth-order valence-corrected chi connectivity index (χ4v) is 5.93. The van der Waals surface area contributed by atoms with Crippen LogP contribution in [0.15, 0.2) is 23.1 Å². The molecule has 2 amide bonds. The van der Waals surface area contributed by atoms with E-state index in [9.17, 15) is 26.4 Å². The normalized spacial score (nSPS) is 22.9. The minimum atomic E-state index is -4.27. The number of urea groups is 1. The highest BCUT2D eigenvalue weighted by Crippen LogP contribution is 2.37. The maximum Gasteiger partial charge on any atom is 0.391 e. The van der Waals surface area contributed by atoms with Gasteiger partial charge in [-0.3, -0.25) is 0 Å². The molecule has 11 heteroatoms. The van der Waals surface area contributed by atoms with E-state index < -0.39 is 34.2 Å². The number of carbonyl (C=O) groups excluding carboxylic acids is 1. The van der Waals surface area contributed by atoms with Gasteiger partial charge in [-0.2, -0.15) is 17.5 Å². The average Bonchev–Trinajstić information content (AvgIpc) is 2.73. The van der Waals surface area contributed by atoms with E-state index in [2.05, 4.69) is 10.6 Å². The largest absolute Gasteiger partial charge is 0.391 e. The highest BCUT2D eigenvalue weighted by atomic mass is 32.2. The molecule has 7 nitrogen and oxygen atoms in total. The Morgan fingerprint density at radius 2 is 1.78 bits per heavy atom. The van der Waals surface area contributed by atoms with Crippen LogP contribution in [0.4, 0.5) is 29.3 Å². The first-order chi connectivity index (χ1) is 15.0. The summed E-state index contributed by atoms with van der Waals surface area (Å²) >= 11 is 0. The van der Waals surface area contributed by atoms with Gasteiger partial charge in [-0.05, 0) is 50.3 Å². The first kappa shape index (κ1) is 24.6. The van der Waals surface area contributed by atoms with Gasteiger partial charge in [-0.1, -0.05) is 12.8 Å². The van der Waals surface area contributed by atoms with Gasteiger partial charge in [0, 0.05) is 33.2 Å². The number of carbonyl (C=O) groups is 1. The number of benzene rings is 1. The lowest BCUT2D eigenvalue weighted by atomic mass is 9.85. The molecule has 0 spiro atoms. The van der Waals surface area contributed by atoms with Crippen molar-refractivity contribution >= 4 is 27.4 Å². The molecule has 180 valence electrons. The van der Waals surface area contributed by atoms with Crippen LogP contribution < -0.4 is 15.5 Å². The molecule has 1 aromatic carbocycles. The SMILES string of the molecule is CN(C)c1ccc(S(=O)(=O)N2CCCCC2)cc1NC(=O)NC1CCCC(C(F)(F)F)C1. The molecule has 2 N–H and O–H groups in total. The van der Waals surface area contributed by atoms with Gasteiger partial charge in [-0.15, -0.1) is 0 Å². The molecule has 1 aromatic rings. The Morgan fingerprint density at radius 3 is 2.41 bits per heavy atom. The van der Waals surface area contributed by atoms with Gasteiger partial charge in [0.1, 0.15) is 0 Å². The van der Waals surface area contributed by atoms with Crippen molar-refractivity contribution in [3.8, 4) is 0 Å². The number of anilines is 2. The molecular formula is C21H31F3N4O3S. The molecule has 32 heavy (non-hydrogen) atoms. The van der Waals surface area contributed by atoms with E-state index >= 15 is 0 Å². The Hall–Kier alpha value is -2.01. The zero-order valence-electron chi connectivity index (χ0n) is 18.4. The van der Waals surface area contributed by atoms with Crippen LogP contribution in [0.5, 0.6) is 0 Å². The van der Waals surface area contributed by atoms with Gasteiger partial charge < -0.3 is 15.5 Å². The molecule has 2 unspecified atom stereocenters. The highest BCUT2D eigenvalue weighted by Gasteiger charge is 2.42. The van der Waals surface area contributed by atoms with Crippen LogP contribution in [0.2, 0.25) is 0 Å². The van der Waals surface area contributed by atoms with Gasteiger partial charge in [-0.25, -0.2) is 13.2 Å². The van der Waals surface area contributed by atoms with Crippen molar-refractivity contribution < 1.29 is 26.4 Å². The van der Waals surface area contributed by atoms with Crippen molar-refractivity contribution in [1.29, 1.82) is 0 Å². The zero-order valence-corrected chi connectivity index (χ0v) is 19.2. The van der Waals surface area contributed by atoms with Crippen molar-refractivity contribution in [2.45, 2.75) is 62.1 Å². The standard InChI is InChI=1S/C21H31F3N4O3S/c1-27(2)19-10-9-17(32(30,31)28-11-4-3-5-12-28)14-18(19)26-20(29)25-16-8-6-7-15(13-16)21(22,23)24/h9-10,14-16H,3-8,11-13H2,1-2H3,(H2,25,26,29). The number of alkyl halides is 3. The summed E-state index contributed by atoms with van der Waals surface area (Å²) in [5.74, 6) is -1.42. The fourth-order valence-electron chi connectivity index (χ4n) is 4.38. The molecule has 1 saturated carbocycles. The average molecular weight is 477 g/mol. The second-order valence-electron chi connectivity index (χ2n) is 8.74. The minimum Gasteiger partial charge on any atom is -0.376 e. The number of nitrogens with zero attached hydrogens (tertiary/aromatic N) is 2. The van der Waals surface area contributed by atoms with Gasteiger partial charge in [0.15, 0.2) is 0 Å². The van der Waals surface area contributed by atoms with Crippen molar-refractivity contribution in [3.63, 3.8) is 0 Å². The van der Waals surface area contributed by atoms with E-state index in [0.717, 1.165) is 19.3 Å². The minimum absolute atomic E-state index is 0.0739. The van der Waals surface area contributed by atoms with Crippen LogP contribution in [-0.4, -0.2) is 58.2 Å². The third-order valence-electron chi connectivity index (χ3n) is 6.12. The number of rotatable bonds is 5. The number of piperidine rings is 1. The summed E-state index contributed by atoms with van der Waals surface area (Å²) in [7, 11) is -0.183. The molecular weight excluding hydrogens is 445 g/mol. The number of halogens is 3. The summed E-state index contributed by atoms with van der Waals surface area (Å²) < 4.78 is 66.7. The number of amides is 2. The lowest BCUT2D eigenvalue weighted by Crippen LogP contribution is -2.43. The van der Waals surface area contributed by atoms with E-state index in [1.165, 1.54) is 16.4 Å². The summed E-state index contributed by atoms with van der Waals surface area (Å²) in [5.41, 5.74) is 0.878. The molecule has 0 radical (unpaired) electrons.